The first kappa shape index (κ1) is 13.2. The van der Waals surface area contributed by atoms with Crippen LogP contribution in [0.3, 0.4) is 0 Å². The monoisotopic (exact) mass is 251 g/mol. The van der Waals surface area contributed by atoms with E-state index in [1.165, 1.54) is 0 Å². The molecule has 1 aromatic rings. The maximum absolute atomic E-state index is 5.57. The summed E-state index contributed by atoms with van der Waals surface area (Å²) in [7, 11) is 1.67. The van der Waals surface area contributed by atoms with Gasteiger partial charge in [0.05, 0.1) is 19.8 Å². The maximum Gasteiger partial charge on any atom is 0.121 e. The summed E-state index contributed by atoms with van der Waals surface area (Å²) in [5.41, 5.74) is 1.35. The highest BCUT2D eigenvalue weighted by Crippen LogP contribution is 2.27. The summed E-state index contributed by atoms with van der Waals surface area (Å²) in [5.74, 6) is 0.868. The highest BCUT2D eigenvalue weighted by atomic mass is 16.5. The fourth-order valence-electron chi connectivity index (χ4n) is 1.81. The lowest BCUT2D eigenvalue weighted by Gasteiger charge is -2.38. The average Bonchev–Trinajstić information content (AvgIpc) is 2.35. The third-order valence-corrected chi connectivity index (χ3v) is 3.01. The molecule has 4 heteroatoms. The summed E-state index contributed by atoms with van der Waals surface area (Å²) in [4.78, 5) is 0. The van der Waals surface area contributed by atoms with Crippen LogP contribution in [-0.2, 0) is 9.47 Å². The molecule has 0 amide bonds. The minimum Gasteiger partial charge on any atom is -0.491 e. The summed E-state index contributed by atoms with van der Waals surface area (Å²) in [5, 5.41) is 3.43. The van der Waals surface area contributed by atoms with E-state index < -0.39 is 0 Å². The number of rotatable bonds is 7. The zero-order valence-electron chi connectivity index (χ0n) is 11.1. The van der Waals surface area contributed by atoms with Gasteiger partial charge in [0.2, 0.25) is 0 Å². The van der Waals surface area contributed by atoms with Gasteiger partial charge in [-0.05, 0) is 12.1 Å². The van der Waals surface area contributed by atoms with Crippen LogP contribution in [0.4, 0.5) is 5.69 Å². The Labute approximate surface area is 108 Å². The van der Waals surface area contributed by atoms with Crippen molar-refractivity contribution >= 4 is 5.69 Å². The molecule has 0 spiro atoms. The standard InChI is InChI=1S/C14H21NO3/c1-14(10-17-11-14)9-15-12-4-3-5-13(8-12)18-7-6-16-2/h3-5,8,15H,6-7,9-11H2,1-2H3. The first-order valence-corrected chi connectivity index (χ1v) is 6.25. The molecule has 100 valence electrons. The van der Waals surface area contributed by atoms with Crippen LogP contribution < -0.4 is 10.1 Å². The van der Waals surface area contributed by atoms with Crippen molar-refractivity contribution in [2.75, 3.05) is 45.4 Å². The van der Waals surface area contributed by atoms with Gasteiger partial charge < -0.3 is 19.5 Å². The van der Waals surface area contributed by atoms with Crippen molar-refractivity contribution in [1.29, 1.82) is 0 Å². The molecule has 0 aliphatic carbocycles. The Morgan fingerprint density at radius 2 is 2.17 bits per heavy atom. The molecule has 1 fully saturated rings. The summed E-state index contributed by atoms with van der Waals surface area (Å²) in [6.45, 7) is 6.00. The minimum atomic E-state index is 0.271. The molecular formula is C14H21NO3. The third kappa shape index (κ3) is 3.62. The van der Waals surface area contributed by atoms with E-state index in [1.54, 1.807) is 7.11 Å². The molecule has 18 heavy (non-hydrogen) atoms. The molecule has 0 atom stereocenters. The molecule has 0 unspecified atom stereocenters. The van der Waals surface area contributed by atoms with Crippen LogP contribution >= 0.6 is 0 Å². The minimum absolute atomic E-state index is 0.271. The van der Waals surface area contributed by atoms with E-state index in [0.717, 1.165) is 31.2 Å². The second-order valence-corrected chi connectivity index (χ2v) is 5.03. The smallest absolute Gasteiger partial charge is 0.121 e. The Hall–Kier alpha value is -1.26. The van der Waals surface area contributed by atoms with Gasteiger partial charge in [0.1, 0.15) is 12.4 Å². The summed E-state index contributed by atoms with van der Waals surface area (Å²) in [6, 6.07) is 8.00. The fourth-order valence-corrected chi connectivity index (χ4v) is 1.81. The van der Waals surface area contributed by atoms with E-state index in [2.05, 4.69) is 12.2 Å². The quantitative estimate of drug-likeness (QED) is 0.754. The van der Waals surface area contributed by atoms with Crippen molar-refractivity contribution in [3.05, 3.63) is 24.3 Å². The predicted octanol–water partition coefficient (Wildman–Crippen LogP) is 2.16. The zero-order valence-corrected chi connectivity index (χ0v) is 11.1. The Kier molecular flexibility index (Phi) is 4.44. The highest BCUT2D eigenvalue weighted by Gasteiger charge is 2.32. The van der Waals surface area contributed by atoms with E-state index in [4.69, 9.17) is 14.2 Å². The van der Waals surface area contributed by atoms with E-state index in [1.807, 2.05) is 24.3 Å². The van der Waals surface area contributed by atoms with Crippen molar-refractivity contribution in [3.8, 4) is 5.75 Å². The van der Waals surface area contributed by atoms with E-state index in [9.17, 15) is 0 Å². The number of ether oxygens (including phenoxy) is 3. The van der Waals surface area contributed by atoms with Crippen molar-refractivity contribution in [1.82, 2.24) is 0 Å². The number of anilines is 1. The van der Waals surface area contributed by atoms with E-state index in [0.29, 0.717) is 13.2 Å². The van der Waals surface area contributed by atoms with Gasteiger partial charge in [0.15, 0.2) is 0 Å². The largest absolute Gasteiger partial charge is 0.491 e. The average molecular weight is 251 g/mol. The molecule has 0 radical (unpaired) electrons. The fraction of sp³-hybridized carbons (Fsp3) is 0.571. The highest BCUT2D eigenvalue weighted by molar-refractivity contribution is 5.48. The maximum atomic E-state index is 5.57. The van der Waals surface area contributed by atoms with Crippen LogP contribution in [0.5, 0.6) is 5.75 Å². The number of hydrogen-bond donors (Lipinski definition) is 1. The van der Waals surface area contributed by atoms with Crippen LogP contribution in [0.2, 0.25) is 0 Å². The van der Waals surface area contributed by atoms with Gasteiger partial charge in [-0.25, -0.2) is 0 Å². The van der Waals surface area contributed by atoms with Crippen LogP contribution in [0.15, 0.2) is 24.3 Å². The van der Waals surface area contributed by atoms with Gasteiger partial charge >= 0.3 is 0 Å². The molecule has 4 nitrogen and oxygen atoms in total. The normalized spacial score (nSPS) is 17.0. The van der Waals surface area contributed by atoms with Gasteiger partial charge in [-0.2, -0.15) is 0 Å². The Bertz CT molecular complexity index is 377. The topological polar surface area (TPSA) is 39.7 Å². The number of nitrogens with one attached hydrogen (secondary N) is 1. The molecule has 0 saturated carbocycles. The van der Waals surface area contributed by atoms with Crippen LogP contribution in [0, 0.1) is 5.41 Å². The van der Waals surface area contributed by atoms with Crippen molar-refractivity contribution in [2.24, 2.45) is 5.41 Å². The van der Waals surface area contributed by atoms with Gasteiger partial charge in [0.25, 0.3) is 0 Å². The molecule has 1 aromatic carbocycles. The van der Waals surface area contributed by atoms with Crippen molar-refractivity contribution in [3.63, 3.8) is 0 Å². The third-order valence-electron chi connectivity index (χ3n) is 3.01. The first-order chi connectivity index (χ1) is 8.72. The molecule has 1 heterocycles. The Balaban J connectivity index is 1.82. The number of benzene rings is 1. The zero-order chi connectivity index (χ0) is 12.8. The van der Waals surface area contributed by atoms with E-state index >= 15 is 0 Å². The second kappa shape index (κ2) is 6.07. The van der Waals surface area contributed by atoms with Gasteiger partial charge in [0, 0.05) is 30.8 Å². The summed E-state index contributed by atoms with van der Waals surface area (Å²) in [6.07, 6.45) is 0. The molecule has 1 N–H and O–H groups in total. The van der Waals surface area contributed by atoms with Crippen LogP contribution in [-0.4, -0.2) is 40.1 Å². The number of methoxy groups -OCH3 is 1. The SMILES string of the molecule is COCCOc1cccc(NCC2(C)COC2)c1. The molecule has 1 saturated heterocycles. The lowest BCUT2D eigenvalue weighted by molar-refractivity contribution is -0.0924. The van der Waals surface area contributed by atoms with Gasteiger partial charge in [-0.15, -0.1) is 0 Å². The van der Waals surface area contributed by atoms with Gasteiger partial charge in [-0.1, -0.05) is 13.0 Å². The van der Waals surface area contributed by atoms with Crippen molar-refractivity contribution < 1.29 is 14.2 Å². The van der Waals surface area contributed by atoms with E-state index in [-0.39, 0.29) is 5.41 Å². The van der Waals surface area contributed by atoms with Gasteiger partial charge in [-0.3, -0.25) is 0 Å². The molecule has 0 aromatic heterocycles. The molecule has 0 bridgehead atoms. The van der Waals surface area contributed by atoms with Crippen LogP contribution in [0.25, 0.3) is 0 Å². The molecule has 1 aliphatic rings. The first-order valence-electron chi connectivity index (χ1n) is 6.25. The second-order valence-electron chi connectivity index (χ2n) is 5.03. The lowest BCUT2D eigenvalue weighted by Crippen LogP contribution is -2.45. The summed E-state index contributed by atoms with van der Waals surface area (Å²) >= 11 is 0. The lowest BCUT2D eigenvalue weighted by atomic mass is 9.89. The Morgan fingerprint density at radius 3 is 2.83 bits per heavy atom. The van der Waals surface area contributed by atoms with Crippen molar-refractivity contribution in [2.45, 2.75) is 6.92 Å². The Morgan fingerprint density at radius 1 is 1.33 bits per heavy atom. The molecular weight excluding hydrogens is 230 g/mol. The molecule has 2 rings (SSSR count). The predicted molar refractivity (Wildman–Crippen MR) is 71.2 cm³/mol. The summed E-state index contributed by atoms with van der Waals surface area (Å²) < 4.78 is 15.8. The van der Waals surface area contributed by atoms with Crippen LogP contribution in [0.1, 0.15) is 6.92 Å². The number of hydrogen-bond acceptors (Lipinski definition) is 4. The molecule has 1 aliphatic heterocycles.